The zero-order chi connectivity index (χ0) is 14.9. The summed E-state index contributed by atoms with van der Waals surface area (Å²) in [5.74, 6) is 1.58. The van der Waals surface area contributed by atoms with Gasteiger partial charge < -0.3 is 9.73 Å². The summed E-state index contributed by atoms with van der Waals surface area (Å²) in [6.45, 7) is 13.4. The SMILES string of the molecule is Cc1cc(C)c(-c2cnc(CNC(C)(C)C)o2)c(C)c1. The molecule has 0 bridgehead atoms. The maximum Gasteiger partial charge on any atom is 0.208 e. The van der Waals surface area contributed by atoms with Gasteiger partial charge in [-0.25, -0.2) is 4.98 Å². The summed E-state index contributed by atoms with van der Waals surface area (Å²) in [6, 6.07) is 4.36. The van der Waals surface area contributed by atoms with Crippen molar-refractivity contribution in [3.63, 3.8) is 0 Å². The Bertz CT molecular complexity index is 583. The highest BCUT2D eigenvalue weighted by molar-refractivity contribution is 5.66. The molecule has 0 saturated carbocycles. The fraction of sp³-hybridized carbons (Fsp3) is 0.471. The van der Waals surface area contributed by atoms with E-state index in [1.165, 1.54) is 16.7 Å². The first-order chi connectivity index (χ1) is 9.26. The first-order valence-corrected chi connectivity index (χ1v) is 7.04. The average molecular weight is 272 g/mol. The molecule has 0 saturated heterocycles. The van der Waals surface area contributed by atoms with Crippen LogP contribution in [0, 0.1) is 20.8 Å². The monoisotopic (exact) mass is 272 g/mol. The van der Waals surface area contributed by atoms with Gasteiger partial charge in [-0.1, -0.05) is 17.7 Å². The molecule has 1 aromatic carbocycles. The third-order valence-electron chi connectivity index (χ3n) is 3.25. The van der Waals surface area contributed by atoms with Crippen molar-refractivity contribution in [1.82, 2.24) is 10.3 Å². The van der Waals surface area contributed by atoms with Gasteiger partial charge in [-0.3, -0.25) is 0 Å². The first kappa shape index (κ1) is 14.8. The van der Waals surface area contributed by atoms with Crippen LogP contribution >= 0.6 is 0 Å². The molecule has 20 heavy (non-hydrogen) atoms. The fourth-order valence-corrected chi connectivity index (χ4v) is 2.42. The number of oxazole rings is 1. The Kier molecular flexibility index (Phi) is 4.00. The minimum atomic E-state index is 0.0598. The average Bonchev–Trinajstić information content (AvgIpc) is 2.72. The third-order valence-corrected chi connectivity index (χ3v) is 3.25. The lowest BCUT2D eigenvalue weighted by molar-refractivity contribution is 0.383. The van der Waals surface area contributed by atoms with Crippen LogP contribution in [-0.4, -0.2) is 10.5 Å². The summed E-state index contributed by atoms with van der Waals surface area (Å²) in [4.78, 5) is 4.37. The molecular weight excluding hydrogens is 248 g/mol. The second kappa shape index (κ2) is 5.41. The van der Waals surface area contributed by atoms with E-state index in [-0.39, 0.29) is 5.54 Å². The maximum atomic E-state index is 5.89. The molecule has 0 aliphatic rings. The van der Waals surface area contributed by atoms with E-state index in [4.69, 9.17) is 4.42 Å². The van der Waals surface area contributed by atoms with E-state index in [9.17, 15) is 0 Å². The Morgan fingerprint density at radius 3 is 2.25 bits per heavy atom. The van der Waals surface area contributed by atoms with E-state index in [0.29, 0.717) is 6.54 Å². The Morgan fingerprint density at radius 1 is 1.10 bits per heavy atom. The molecule has 3 nitrogen and oxygen atoms in total. The number of nitrogens with zero attached hydrogens (tertiary/aromatic N) is 1. The second-order valence-electron chi connectivity index (χ2n) is 6.50. The normalized spacial score (nSPS) is 11.9. The molecule has 2 aromatic rings. The van der Waals surface area contributed by atoms with Crippen LogP contribution < -0.4 is 5.32 Å². The molecule has 1 N–H and O–H groups in total. The van der Waals surface area contributed by atoms with Gasteiger partial charge in [0.1, 0.15) is 0 Å². The van der Waals surface area contributed by atoms with Crippen molar-refractivity contribution in [2.45, 2.75) is 53.6 Å². The summed E-state index contributed by atoms with van der Waals surface area (Å²) < 4.78 is 5.89. The Morgan fingerprint density at radius 2 is 1.70 bits per heavy atom. The molecule has 0 unspecified atom stereocenters. The Hall–Kier alpha value is -1.61. The zero-order valence-electron chi connectivity index (χ0n) is 13.3. The van der Waals surface area contributed by atoms with Crippen molar-refractivity contribution in [3.05, 3.63) is 40.9 Å². The fourth-order valence-electron chi connectivity index (χ4n) is 2.42. The number of hydrogen-bond donors (Lipinski definition) is 1. The predicted octanol–water partition coefficient (Wildman–Crippen LogP) is 4.15. The third kappa shape index (κ3) is 3.48. The minimum Gasteiger partial charge on any atom is -0.439 e. The highest BCUT2D eigenvalue weighted by Crippen LogP contribution is 2.28. The topological polar surface area (TPSA) is 38.1 Å². The van der Waals surface area contributed by atoms with Crippen LogP contribution in [0.15, 0.2) is 22.7 Å². The number of rotatable bonds is 3. The maximum absolute atomic E-state index is 5.89. The van der Waals surface area contributed by atoms with Crippen LogP contribution in [0.25, 0.3) is 11.3 Å². The van der Waals surface area contributed by atoms with E-state index in [1.54, 1.807) is 0 Å². The van der Waals surface area contributed by atoms with E-state index >= 15 is 0 Å². The number of nitrogens with one attached hydrogen (secondary N) is 1. The number of aryl methyl sites for hydroxylation is 3. The summed E-state index contributed by atoms with van der Waals surface area (Å²) in [5, 5.41) is 3.39. The van der Waals surface area contributed by atoms with Crippen LogP contribution in [0.2, 0.25) is 0 Å². The molecule has 0 radical (unpaired) electrons. The molecule has 3 heteroatoms. The molecule has 2 rings (SSSR count). The van der Waals surface area contributed by atoms with E-state index in [0.717, 1.165) is 17.2 Å². The van der Waals surface area contributed by atoms with Crippen LogP contribution in [0.3, 0.4) is 0 Å². The lowest BCUT2D eigenvalue weighted by Crippen LogP contribution is -2.35. The summed E-state index contributed by atoms with van der Waals surface area (Å²) in [7, 11) is 0. The van der Waals surface area contributed by atoms with Gasteiger partial charge in [-0.2, -0.15) is 0 Å². The molecule has 1 heterocycles. The van der Waals surface area contributed by atoms with Crippen molar-refractivity contribution >= 4 is 0 Å². The molecular formula is C17H24N2O. The zero-order valence-corrected chi connectivity index (χ0v) is 13.3. The molecule has 108 valence electrons. The van der Waals surface area contributed by atoms with Gasteiger partial charge in [0.05, 0.1) is 12.7 Å². The van der Waals surface area contributed by atoms with Crippen LogP contribution in [0.5, 0.6) is 0 Å². The summed E-state index contributed by atoms with van der Waals surface area (Å²) in [6.07, 6.45) is 1.82. The molecule has 0 amide bonds. The molecule has 0 fully saturated rings. The minimum absolute atomic E-state index is 0.0598. The summed E-state index contributed by atoms with van der Waals surface area (Å²) >= 11 is 0. The van der Waals surface area contributed by atoms with Crippen molar-refractivity contribution in [3.8, 4) is 11.3 Å². The molecule has 0 spiro atoms. The molecule has 0 aliphatic heterocycles. The van der Waals surface area contributed by atoms with Gasteiger partial charge in [0.15, 0.2) is 5.76 Å². The molecule has 1 aromatic heterocycles. The number of hydrogen-bond acceptors (Lipinski definition) is 3. The van der Waals surface area contributed by atoms with Gasteiger partial charge in [0.25, 0.3) is 0 Å². The predicted molar refractivity (Wildman–Crippen MR) is 82.7 cm³/mol. The number of aromatic nitrogens is 1. The van der Waals surface area contributed by atoms with Gasteiger partial charge >= 0.3 is 0 Å². The van der Waals surface area contributed by atoms with Crippen LogP contribution in [0.4, 0.5) is 0 Å². The van der Waals surface area contributed by atoms with Crippen molar-refractivity contribution in [1.29, 1.82) is 0 Å². The van der Waals surface area contributed by atoms with E-state index in [1.807, 2.05) is 6.20 Å². The van der Waals surface area contributed by atoms with Gasteiger partial charge in [-0.05, 0) is 52.7 Å². The quantitative estimate of drug-likeness (QED) is 0.912. The van der Waals surface area contributed by atoms with Crippen molar-refractivity contribution in [2.24, 2.45) is 0 Å². The van der Waals surface area contributed by atoms with E-state index in [2.05, 4.69) is 64.0 Å². The molecule has 0 atom stereocenters. The van der Waals surface area contributed by atoms with Gasteiger partial charge in [0.2, 0.25) is 5.89 Å². The van der Waals surface area contributed by atoms with Gasteiger partial charge in [0, 0.05) is 11.1 Å². The smallest absolute Gasteiger partial charge is 0.208 e. The summed E-state index contributed by atoms with van der Waals surface area (Å²) in [5.41, 5.74) is 4.95. The standard InChI is InChI=1S/C17H24N2O/c1-11-7-12(2)16(13(3)8-11)14-9-18-15(20-14)10-19-17(4,5)6/h7-9,19H,10H2,1-6H3. The largest absolute Gasteiger partial charge is 0.439 e. The molecule has 0 aliphatic carbocycles. The second-order valence-corrected chi connectivity index (χ2v) is 6.50. The Labute approximate surface area is 121 Å². The lowest BCUT2D eigenvalue weighted by Gasteiger charge is -2.18. The van der Waals surface area contributed by atoms with Gasteiger partial charge in [-0.15, -0.1) is 0 Å². The highest BCUT2D eigenvalue weighted by Gasteiger charge is 2.14. The number of benzene rings is 1. The van der Waals surface area contributed by atoms with Crippen LogP contribution in [0.1, 0.15) is 43.4 Å². The highest BCUT2D eigenvalue weighted by atomic mass is 16.4. The first-order valence-electron chi connectivity index (χ1n) is 7.04. The van der Waals surface area contributed by atoms with Crippen molar-refractivity contribution < 1.29 is 4.42 Å². The van der Waals surface area contributed by atoms with Crippen LogP contribution in [-0.2, 0) is 6.54 Å². The lowest BCUT2D eigenvalue weighted by atomic mass is 9.98. The Balaban J connectivity index is 2.25. The van der Waals surface area contributed by atoms with Crippen molar-refractivity contribution in [2.75, 3.05) is 0 Å². The van der Waals surface area contributed by atoms with E-state index < -0.39 is 0 Å².